The van der Waals surface area contributed by atoms with E-state index in [0.717, 1.165) is 0 Å². The van der Waals surface area contributed by atoms with Crippen molar-refractivity contribution in [2.24, 2.45) is 16.2 Å². The second-order valence-corrected chi connectivity index (χ2v) is 1.33. The Balaban J connectivity index is 2.48. The molecule has 0 aliphatic heterocycles. The number of nitrogens with one attached hydrogen (secondary N) is 1. The van der Waals surface area contributed by atoms with E-state index in [2.05, 4.69) is 25.5 Å². The second kappa shape index (κ2) is 2.75. The van der Waals surface area contributed by atoms with Crippen molar-refractivity contribution in [3.05, 3.63) is 12.2 Å². The van der Waals surface area contributed by atoms with E-state index in [-0.39, 0.29) is 0 Å². The molecule has 48 valence electrons. The van der Waals surface area contributed by atoms with Crippen LogP contribution in [0.1, 0.15) is 5.82 Å². The maximum absolute atomic E-state index is 4.74. The molecule has 0 aliphatic rings. The first-order chi connectivity index (χ1) is 4.43. The van der Waals surface area contributed by atoms with Crippen LogP contribution in [0.2, 0.25) is 0 Å². The van der Waals surface area contributed by atoms with E-state index < -0.39 is 0 Å². The molecular formula is C3H6N6. The predicted molar refractivity (Wildman–Crippen MR) is 29.1 cm³/mol. The highest BCUT2D eigenvalue weighted by Crippen LogP contribution is 1.86. The molecule has 3 N–H and O–H groups in total. The molecule has 0 aromatic carbocycles. The first-order valence-corrected chi connectivity index (χ1v) is 2.35. The van der Waals surface area contributed by atoms with Gasteiger partial charge in [-0.05, 0) is 0 Å². The summed E-state index contributed by atoms with van der Waals surface area (Å²) in [7, 11) is 0. The van der Waals surface area contributed by atoms with Crippen molar-refractivity contribution in [3.63, 3.8) is 0 Å². The maximum atomic E-state index is 4.74. The number of nitrogens with two attached hydrogens (primary N) is 1. The van der Waals surface area contributed by atoms with Gasteiger partial charge in [-0.15, -0.1) is 0 Å². The molecule has 0 saturated heterocycles. The Morgan fingerprint density at radius 1 is 1.78 bits per heavy atom. The molecule has 1 aromatic rings. The van der Waals surface area contributed by atoms with Gasteiger partial charge in [0.05, 0.1) is 0 Å². The number of rotatable bonds is 2. The molecular weight excluding hydrogens is 120 g/mol. The van der Waals surface area contributed by atoms with E-state index in [1.165, 1.54) is 6.33 Å². The second-order valence-electron chi connectivity index (χ2n) is 1.33. The first kappa shape index (κ1) is 5.67. The molecule has 6 nitrogen and oxygen atoms in total. The van der Waals surface area contributed by atoms with E-state index in [4.69, 9.17) is 5.84 Å². The zero-order chi connectivity index (χ0) is 6.53. The van der Waals surface area contributed by atoms with Crippen molar-refractivity contribution in [1.82, 2.24) is 15.2 Å². The Morgan fingerprint density at radius 3 is 3.22 bits per heavy atom. The molecule has 1 heterocycles. The van der Waals surface area contributed by atoms with Gasteiger partial charge in [-0.1, -0.05) is 5.22 Å². The molecule has 0 aliphatic carbocycles. The van der Waals surface area contributed by atoms with Gasteiger partial charge in [0.1, 0.15) is 12.9 Å². The van der Waals surface area contributed by atoms with Crippen LogP contribution < -0.4 is 5.84 Å². The number of H-pyrrole nitrogens is 1. The lowest BCUT2D eigenvalue weighted by Crippen LogP contribution is -1.85. The highest BCUT2D eigenvalue weighted by molar-refractivity contribution is 4.77. The zero-order valence-electron chi connectivity index (χ0n) is 4.65. The summed E-state index contributed by atoms with van der Waals surface area (Å²) in [4.78, 5) is 3.78. The van der Waals surface area contributed by atoms with Crippen molar-refractivity contribution in [2.75, 3.05) is 0 Å². The van der Waals surface area contributed by atoms with Crippen LogP contribution in [-0.4, -0.2) is 15.2 Å². The van der Waals surface area contributed by atoms with Crippen LogP contribution in [0.5, 0.6) is 0 Å². The summed E-state index contributed by atoms with van der Waals surface area (Å²) in [6, 6.07) is 0. The highest BCUT2D eigenvalue weighted by atomic mass is 15.3. The summed E-state index contributed by atoms with van der Waals surface area (Å²) in [5.74, 6) is 5.32. The molecule has 0 spiro atoms. The molecule has 0 unspecified atom stereocenters. The van der Waals surface area contributed by atoms with Crippen LogP contribution in [0, 0.1) is 0 Å². The van der Waals surface area contributed by atoms with Crippen molar-refractivity contribution < 1.29 is 0 Å². The Hall–Kier alpha value is -1.46. The molecule has 0 atom stereocenters. The number of aromatic amines is 1. The normalized spacial score (nSPS) is 10.7. The average Bonchev–Trinajstić information content (AvgIpc) is 2.34. The Bertz CT molecular complexity index is 176. The van der Waals surface area contributed by atoms with Gasteiger partial charge >= 0.3 is 0 Å². The maximum Gasteiger partial charge on any atom is 0.173 e. The Kier molecular flexibility index (Phi) is 1.73. The number of nitrogens with zero attached hydrogens (tertiary/aromatic N) is 4. The quantitative estimate of drug-likeness (QED) is 0.321. The molecule has 6 heteroatoms. The first-order valence-electron chi connectivity index (χ1n) is 2.35. The zero-order valence-corrected chi connectivity index (χ0v) is 4.65. The van der Waals surface area contributed by atoms with Gasteiger partial charge in [0.2, 0.25) is 0 Å². The molecule has 9 heavy (non-hydrogen) atoms. The van der Waals surface area contributed by atoms with E-state index in [1.807, 2.05) is 0 Å². The van der Waals surface area contributed by atoms with Crippen molar-refractivity contribution in [2.45, 2.75) is 6.54 Å². The summed E-state index contributed by atoms with van der Waals surface area (Å²) >= 11 is 0. The van der Waals surface area contributed by atoms with Gasteiger partial charge < -0.3 is 5.84 Å². The average molecular weight is 126 g/mol. The fraction of sp³-hybridized carbons (Fsp3) is 0.333. The summed E-state index contributed by atoms with van der Waals surface area (Å²) in [5.41, 5.74) is 0. The Morgan fingerprint density at radius 2 is 2.67 bits per heavy atom. The Labute approximate surface area is 51.2 Å². The van der Waals surface area contributed by atoms with Gasteiger partial charge in [0.15, 0.2) is 5.82 Å². The van der Waals surface area contributed by atoms with Crippen LogP contribution in [0.15, 0.2) is 16.7 Å². The van der Waals surface area contributed by atoms with Crippen LogP contribution in [0.3, 0.4) is 0 Å². The third-order valence-corrected chi connectivity index (χ3v) is 0.759. The number of hydrogen-bond donors (Lipinski definition) is 2. The molecule has 0 fully saturated rings. The van der Waals surface area contributed by atoms with E-state index in [0.29, 0.717) is 12.4 Å². The van der Waals surface area contributed by atoms with E-state index >= 15 is 0 Å². The summed E-state index contributed by atoms with van der Waals surface area (Å²) in [6.07, 6.45) is 1.47. The fourth-order valence-electron chi connectivity index (χ4n) is 0.416. The fourth-order valence-corrected chi connectivity index (χ4v) is 0.416. The minimum atomic E-state index is 0.333. The topological polar surface area (TPSA) is 92.3 Å². The third-order valence-electron chi connectivity index (χ3n) is 0.759. The minimum absolute atomic E-state index is 0.333. The van der Waals surface area contributed by atoms with Crippen molar-refractivity contribution in [3.8, 4) is 0 Å². The van der Waals surface area contributed by atoms with Crippen molar-refractivity contribution in [1.29, 1.82) is 0 Å². The van der Waals surface area contributed by atoms with Gasteiger partial charge in [-0.3, -0.25) is 5.10 Å². The number of hydrogen-bond acceptors (Lipinski definition) is 4. The third kappa shape index (κ3) is 1.48. The van der Waals surface area contributed by atoms with Gasteiger partial charge in [0.25, 0.3) is 0 Å². The predicted octanol–water partition coefficient (Wildman–Crippen LogP) is -0.369. The lowest BCUT2D eigenvalue weighted by atomic mass is 10.6. The minimum Gasteiger partial charge on any atom is -0.305 e. The number of aromatic nitrogens is 3. The van der Waals surface area contributed by atoms with Crippen LogP contribution in [0.4, 0.5) is 0 Å². The summed E-state index contributed by atoms with van der Waals surface area (Å²) in [5, 5.41) is 12.8. The summed E-state index contributed by atoms with van der Waals surface area (Å²) in [6.45, 7) is 0.333. The summed E-state index contributed by atoms with van der Waals surface area (Å²) < 4.78 is 0. The molecule has 0 amide bonds. The van der Waals surface area contributed by atoms with Gasteiger partial charge in [-0.25, -0.2) is 4.98 Å². The molecule has 0 radical (unpaired) electrons. The van der Waals surface area contributed by atoms with E-state index in [9.17, 15) is 0 Å². The largest absolute Gasteiger partial charge is 0.305 e. The molecule has 1 aromatic heterocycles. The molecule has 1 rings (SSSR count). The van der Waals surface area contributed by atoms with Crippen LogP contribution in [-0.2, 0) is 6.54 Å². The monoisotopic (exact) mass is 126 g/mol. The lowest BCUT2D eigenvalue weighted by Gasteiger charge is -1.79. The SMILES string of the molecule is NN=NCc1nc[nH]n1. The van der Waals surface area contributed by atoms with Gasteiger partial charge in [-0.2, -0.15) is 10.2 Å². The molecule has 0 bridgehead atoms. The molecule has 0 saturated carbocycles. The standard InChI is InChI=1S/C3H6N6/c4-9-6-1-3-5-2-7-8-3/h2H,1H2,(H2,4,6)(H,5,7,8). The van der Waals surface area contributed by atoms with Gasteiger partial charge in [0, 0.05) is 0 Å². The lowest BCUT2D eigenvalue weighted by molar-refractivity contribution is 0.832. The highest BCUT2D eigenvalue weighted by Gasteiger charge is 1.90. The van der Waals surface area contributed by atoms with Crippen LogP contribution in [0.25, 0.3) is 0 Å². The van der Waals surface area contributed by atoms with Crippen molar-refractivity contribution >= 4 is 0 Å². The van der Waals surface area contributed by atoms with Crippen LogP contribution >= 0.6 is 0 Å². The van der Waals surface area contributed by atoms with E-state index in [1.54, 1.807) is 0 Å². The smallest absolute Gasteiger partial charge is 0.173 e.